The van der Waals surface area contributed by atoms with E-state index < -0.39 is 27.6 Å². The number of rotatable bonds is 10. The lowest BCUT2D eigenvalue weighted by Crippen LogP contribution is -2.31. The van der Waals surface area contributed by atoms with Crippen LogP contribution in [0.2, 0.25) is 0 Å². The highest BCUT2D eigenvalue weighted by Gasteiger charge is 2.31. The first-order chi connectivity index (χ1) is 19.4. The van der Waals surface area contributed by atoms with Crippen LogP contribution in [0, 0.1) is 34.1 Å². The van der Waals surface area contributed by atoms with Crippen LogP contribution in [0.5, 0.6) is 17.2 Å². The van der Waals surface area contributed by atoms with Gasteiger partial charge in [-0.05, 0) is 56.2 Å². The van der Waals surface area contributed by atoms with Gasteiger partial charge in [0.05, 0.1) is 15.1 Å². The van der Waals surface area contributed by atoms with Crippen LogP contribution < -0.4 is 19.7 Å². The smallest absolute Gasteiger partial charge is 0.293 e. The van der Waals surface area contributed by atoms with Gasteiger partial charge in [-0.15, -0.1) is 0 Å². The molecule has 41 heavy (non-hydrogen) atoms. The van der Waals surface area contributed by atoms with E-state index >= 15 is 0 Å². The van der Waals surface area contributed by atoms with E-state index in [2.05, 4.69) is 5.32 Å². The monoisotopic (exact) mass is 580 g/mol. The molecule has 1 fully saturated rings. The zero-order valence-corrected chi connectivity index (χ0v) is 22.9. The molecule has 1 aliphatic rings. The minimum Gasteiger partial charge on any atom is -0.484 e. The molecule has 0 aromatic heterocycles. The van der Waals surface area contributed by atoms with E-state index in [4.69, 9.17) is 9.47 Å². The second-order valence-corrected chi connectivity index (χ2v) is 10.3. The van der Waals surface area contributed by atoms with Crippen LogP contribution in [0.25, 0.3) is 0 Å². The van der Waals surface area contributed by atoms with Crippen molar-refractivity contribution in [1.82, 2.24) is 5.32 Å². The summed E-state index contributed by atoms with van der Waals surface area (Å²) in [7, 11) is 1.37. The Labute approximate surface area is 237 Å². The first kappa shape index (κ1) is 29.0. The molecule has 3 amide bonds. The van der Waals surface area contributed by atoms with Gasteiger partial charge in [-0.1, -0.05) is 23.9 Å². The van der Waals surface area contributed by atoms with Crippen LogP contribution >= 0.6 is 11.8 Å². The van der Waals surface area contributed by atoms with Crippen molar-refractivity contribution in [2.45, 2.75) is 25.5 Å². The average molecular weight is 581 g/mol. The number of aryl methyl sites for hydroxylation is 2. The SMILES string of the molecule is Cc1cc(Oc2ccc([N+](=O)[O-])c(N(C)C(=O)COc3ccc(CC4SC(=O)NC4=O)cc3)c2)cc(C)c1[N+](=O)[O-]. The van der Waals surface area contributed by atoms with Gasteiger partial charge in [-0.2, -0.15) is 0 Å². The van der Waals surface area contributed by atoms with E-state index in [1.165, 1.54) is 37.4 Å². The van der Waals surface area contributed by atoms with E-state index in [0.717, 1.165) is 22.2 Å². The summed E-state index contributed by atoms with van der Waals surface area (Å²) in [5, 5.41) is 24.3. The van der Waals surface area contributed by atoms with Crippen molar-refractivity contribution in [1.29, 1.82) is 0 Å². The molecule has 212 valence electrons. The maximum atomic E-state index is 12.9. The number of imide groups is 1. The van der Waals surface area contributed by atoms with Gasteiger partial charge in [0.2, 0.25) is 5.91 Å². The highest BCUT2D eigenvalue weighted by molar-refractivity contribution is 8.15. The predicted octanol–water partition coefficient (Wildman–Crippen LogP) is 4.85. The Morgan fingerprint density at radius 1 is 0.951 bits per heavy atom. The van der Waals surface area contributed by atoms with Crippen molar-refractivity contribution in [3.8, 4) is 17.2 Å². The van der Waals surface area contributed by atoms with Gasteiger partial charge in [0, 0.05) is 30.3 Å². The fourth-order valence-electron chi connectivity index (χ4n) is 4.23. The van der Waals surface area contributed by atoms with Crippen molar-refractivity contribution in [2.24, 2.45) is 0 Å². The number of likely N-dealkylation sites (N-methyl/N-ethyl adjacent to an activating group) is 1. The first-order valence-electron chi connectivity index (χ1n) is 12.1. The summed E-state index contributed by atoms with van der Waals surface area (Å²) in [4.78, 5) is 58.9. The number of carbonyl (C=O) groups is 3. The van der Waals surface area contributed by atoms with Crippen molar-refractivity contribution >= 4 is 45.9 Å². The summed E-state index contributed by atoms with van der Waals surface area (Å²) < 4.78 is 11.4. The molecule has 0 bridgehead atoms. The Morgan fingerprint density at radius 3 is 2.15 bits per heavy atom. The van der Waals surface area contributed by atoms with Gasteiger partial charge in [0.15, 0.2) is 6.61 Å². The van der Waals surface area contributed by atoms with E-state index in [1.54, 1.807) is 38.1 Å². The van der Waals surface area contributed by atoms with Crippen molar-refractivity contribution in [3.63, 3.8) is 0 Å². The molecular weight excluding hydrogens is 556 g/mol. The molecule has 13 nitrogen and oxygen atoms in total. The Balaban J connectivity index is 1.44. The van der Waals surface area contributed by atoms with Crippen LogP contribution in [0.15, 0.2) is 54.6 Å². The fourth-order valence-corrected chi connectivity index (χ4v) is 5.09. The summed E-state index contributed by atoms with van der Waals surface area (Å²) in [6, 6.07) is 13.5. The second kappa shape index (κ2) is 12.0. The van der Waals surface area contributed by atoms with Crippen molar-refractivity contribution < 1.29 is 33.7 Å². The largest absolute Gasteiger partial charge is 0.484 e. The van der Waals surface area contributed by atoms with Gasteiger partial charge in [0.25, 0.3) is 22.5 Å². The minimum atomic E-state index is -0.626. The Kier molecular flexibility index (Phi) is 8.52. The van der Waals surface area contributed by atoms with Crippen molar-refractivity contribution in [2.75, 3.05) is 18.6 Å². The molecule has 1 heterocycles. The van der Waals surface area contributed by atoms with Gasteiger partial charge >= 0.3 is 0 Å². The zero-order valence-electron chi connectivity index (χ0n) is 22.1. The highest BCUT2D eigenvalue weighted by Crippen LogP contribution is 2.36. The summed E-state index contributed by atoms with van der Waals surface area (Å²) in [5.41, 5.74) is 1.19. The van der Waals surface area contributed by atoms with Crippen LogP contribution in [0.1, 0.15) is 16.7 Å². The minimum absolute atomic E-state index is 0.0292. The lowest BCUT2D eigenvalue weighted by molar-refractivity contribution is -0.386. The van der Waals surface area contributed by atoms with E-state index in [-0.39, 0.29) is 34.0 Å². The highest BCUT2D eigenvalue weighted by atomic mass is 32.2. The summed E-state index contributed by atoms with van der Waals surface area (Å²) >= 11 is 0.933. The third-order valence-corrected chi connectivity index (χ3v) is 7.22. The molecule has 0 radical (unpaired) electrons. The van der Waals surface area contributed by atoms with Gasteiger partial charge < -0.3 is 14.4 Å². The molecule has 1 atom stereocenters. The van der Waals surface area contributed by atoms with Crippen LogP contribution in [0.4, 0.5) is 21.9 Å². The molecular formula is C27H24N4O9S. The number of nitrogens with one attached hydrogen (secondary N) is 1. The number of nitro benzene ring substituents is 2. The predicted molar refractivity (Wildman–Crippen MR) is 150 cm³/mol. The van der Waals surface area contributed by atoms with Crippen molar-refractivity contribution in [3.05, 3.63) is 91.5 Å². The fraction of sp³-hybridized carbons (Fsp3) is 0.222. The number of ether oxygens (including phenoxy) is 2. The molecule has 1 N–H and O–H groups in total. The zero-order chi connectivity index (χ0) is 29.8. The molecule has 3 aromatic carbocycles. The Bertz CT molecular complexity index is 1540. The molecule has 14 heteroatoms. The molecule has 1 aliphatic heterocycles. The Morgan fingerprint density at radius 2 is 1.59 bits per heavy atom. The number of hydrogen-bond donors (Lipinski definition) is 1. The number of nitro groups is 2. The van der Waals surface area contributed by atoms with Crippen LogP contribution in [-0.4, -0.2) is 45.8 Å². The first-order valence-corrected chi connectivity index (χ1v) is 13.0. The topological polar surface area (TPSA) is 171 Å². The van der Waals surface area contributed by atoms with E-state index in [0.29, 0.717) is 29.0 Å². The lowest BCUT2D eigenvalue weighted by Gasteiger charge is -2.19. The molecule has 0 aliphatic carbocycles. The molecule has 1 unspecified atom stereocenters. The standard InChI is InChI=1S/C27H24N4O9S/c1-15-10-20(11-16(2)25(15)31(37)38)40-19-8-9-21(30(35)36)22(13-19)29(3)24(32)14-39-18-6-4-17(5-7-18)12-23-26(33)28-27(34)41-23/h4-11,13,23H,12,14H2,1-3H3,(H,28,33,34). The summed E-state index contributed by atoms with van der Waals surface area (Å²) in [5.74, 6) is -0.0647. The number of carbonyl (C=O) groups excluding carboxylic acids is 3. The maximum Gasteiger partial charge on any atom is 0.293 e. The molecule has 1 saturated heterocycles. The van der Waals surface area contributed by atoms with Gasteiger partial charge in [-0.3, -0.25) is 39.9 Å². The summed E-state index contributed by atoms with van der Waals surface area (Å²) in [6.07, 6.45) is 0.352. The van der Waals surface area contributed by atoms with Crippen LogP contribution in [-0.2, 0) is 16.0 Å². The molecule has 0 saturated carbocycles. The number of benzene rings is 3. The van der Waals surface area contributed by atoms with E-state index in [1.807, 2.05) is 0 Å². The second-order valence-electron chi connectivity index (χ2n) is 9.15. The van der Waals surface area contributed by atoms with Gasteiger partial charge in [-0.25, -0.2) is 0 Å². The third kappa shape index (κ3) is 6.78. The van der Waals surface area contributed by atoms with E-state index in [9.17, 15) is 34.6 Å². The number of nitrogens with zero attached hydrogens (tertiary/aromatic N) is 3. The number of hydrogen-bond acceptors (Lipinski definition) is 10. The Hall–Kier alpha value is -4.98. The molecule has 0 spiro atoms. The third-order valence-electron chi connectivity index (χ3n) is 6.24. The van der Waals surface area contributed by atoms with Gasteiger partial charge in [0.1, 0.15) is 22.9 Å². The number of anilines is 1. The molecule has 3 aromatic rings. The maximum absolute atomic E-state index is 12.9. The molecule has 4 rings (SSSR count). The lowest BCUT2D eigenvalue weighted by atomic mass is 10.1. The van der Waals surface area contributed by atoms with Crippen LogP contribution in [0.3, 0.4) is 0 Å². The number of amides is 3. The normalized spacial score (nSPS) is 14.4. The summed E-state index contributed by atoms with van der Waals surface area (Å²) in [6.45, 7) is 2.73. The average Bonchev–Trinajstić information content (AvgIpc) is 3.22. The quantitative estimate of drug-likeness (QED) is 0.258. The number of thioether (sulfide) groups is 1.